The maximum atomic E-state index is 2.30. The summed E-state index contributed by atoms with van der Waals surface area (Å²) in [6.45, 7) is 3.11. The molecule has 1 nitrogen and oxygen atoms in total. The van der Waals surface area contributed by atoms with Crippen LogP contribution in [-0.4, -0.2) is 0 Å². The number of pyridine rings is 1. The van der Waals surface area contributed by atoms with Crippen molar-refractivity contribution in [3.63, 3.8) is 0 Å². The van der Waals surface area contributed by atoms with Crippen LogP contribution >= 0.6 is 0 Å². The van der Waals surface area contributed by atoms with Gasteiger partial charge in [0.05, 0.1) is 0 Å². The average molecular weight is 314 g/mol. The van der Waals surface area contributed by atoms with E-state index in [4.69, 9.17) is 0 Å². The number of fused-ring (bicyclic) bond motifs is 1. The molecule has 3 aromatic rings. The van der Waals surface area contributed by atoms with Gasteiger partial charge in [-0.1, -0.05) is 48.5 Å². The van der Waals surface area contributed by atoms with Crippen LogP contribution in [0, 0.1) is 6.92 Å². The first-order chi connectivity index (χ1) is 8.84. The maximum absolute atomic E-state index is 2.30. The van der Waals surface area contributed by atoms with E-state index in [9.17, 15) is 0 Å². The number of halogens is 1. The lowest BCUT2D eigenvalue weighted by Gasteiger charge is -2.04. The first kappa shape index (κ1) is 13.8. The lowest BCUT2D eigenvalue weighted by molar-refractivity contribution is -0.692. The van der Waals surface area contributed by atoms with Gasteiger partial charge < -0.3 is 17.0 Å². The van der Waals surface area contributed by atoms with E-state index >= 15 is 0 Å². The zero-order valence-corrected chi connectivity index (χ0v) is 12.5. The van der Waals surface area contributed by atoms with Crippen LogP contribution in [0.2, 0.25) is 0 Å². The molecule has 2 heteroatoms. The average Bonchev–Trinajstić information content (AvgIpc) is 2.43. The van der Waals surface area contributed by atoms with Crippen molar-refractivity contribution < 1.29 is 21.5 Å². The number of nitrogens with zero attached hydrogens (tertiary/aromatic N) is 1. The van der Waals surface area contributed by atoms with Crippen LogP contribution in [0.15, 0.2) is 66.9 Å². The summed E-state index contributed by atoms with van der Waals surface area (Å²) in [5.41, 5.74) is 2.65. The topological polar surface area (TPSA) is 3.88 Å². The van der Waals surface area contributed by atoms with Gasteiger partial charge in [-0.15, -0.1) is 0 Å². The highest BCUT2D eigenvalue weighted by molar-refractivity contribution is 5.83. The molecule has 0 amide bonds. The highest BCUT2D eigenvalue weighted by atomic mass is 79.9. The summed E-state index contributed by atoms with van der Waals surface area (Å²) in [5, 5.41) is 2.63. The molecular formula is C17H16BrN. The Balaban J connectivity index is 0.00000133. The summed E-state index contributed by atoms with van der Waals surface area (Å²) < 4.78 is 2.30. The molecule has 96 valence electrons. The number of rotatable bonds is 2. The second-order valence-electron chi connectivity index (χ2n) is 4.60. The third-order valence-electron chi connectivity index (χ3n) is 3.41. The molecule has 0 saturated carbocycles. The third kappa shape index (κ3) is 2.85. The molecule has 1 heterocycles. The molecule has 3 rings (SSSR count). The molecule has 0 radical (unpaired) electrons. The quantitative estimate of drug-likeness (QED) is 0.606. The van der Waals surface area contributed by atoms with E-state index < -0.39 is 0 Å². The monoisotopic (exact) mass is 313 g/mol. The molecular weight excluding hydrogens is 298 g/mol. The number of benzene rings is 2. The van der Waals surface area contributed by atoms with Crippen LogP contribution in [0.4, 0.5) is 0 Å². The second kappa shape index (κ2) is 5.98. The summed E-state index contributed by atoms with van der Waals surface area (Å²) in [6.07, 6.45) is 2.17. The smallest absolute Gasteiger partial charge is 0.186 e. The van der Waals surface area contributed by atoms with Crippen LogP contribution < -0.4 is 21.5 Å². The van der Waals surface area contributed by atoms with E-state index in [-0.39, 0.29) is 17.0 Å². The molecule has 2 aromatic carbocycles. The fourth-order valence-corrected chi connectivity index (χ4v) is 2.36. The van der Waals surface area contributed by atoms with Gasteiger partial charge in [0, 0.05) is 23.9 Å². The number of aryl methyl sites for hydroxylation is 1. The van der Waals surface area contributed by atoms with Crippen LogP contribution in [-0.2, 0) is 6.54 Å². The first-order valence-electron chi connectivity index (χ1n) is 6.26. The zero-order valence-electron chi connectivity index (χ0n) is 10.9. The van der Waals surface area contributed by atoms with Gasteiger partial charge >= 0.3 is 0 Å². The minimum absolute atomic E-state index is 0. The van der Waals surface area contributed by atoms with Crippen LogP contribution in [0.1, 0.15) is 11.3 Å². The predicted octanol–water partition coefficient (Wildman–Crippen LogP) is 0.488. The van der Waals surface area contributed by atoms with Crippen LogP contribution in [0.3, 0.4) is 0 Å². The molecule has 1 aromatic heterocycles. The van der Waals surface area contributed by atoms with Gasteiger partial charge in [0.1, 0.15) is 0 Å². The third-order valence-corrected chi connectivity index (χ3v) is 3.41. The molecule has 0 aliphatic carbocycles. The summed E-state index contributed by atoms with van der Waals surface area (Å²) in [6, 6.07) is 21.3. The fraction of sp³-hybridized carbons (Fsp3) is 0.118. The van der Waals surface area contributed by atoms with Crippen molar-refractivity contribution >= 4 is 10.8 Å². The van der Waals surface area contributed by atoms with Gasteiger partial charge in [-0.25, -0.2) is 0 Å². The SMILES string of the molecule is Cc1c2ccccc2cc[n+]1Cc1ccccc1.[Br-]. The van der Waals surface area contributed by atoms with E-state index in [1.165, 1.54) is 22.0 Å². The lowest BCUT2D eigenvalue weighted by atomic mass is 10.1. The Hall–Kier alpha value is -1.67. The van der Waals surface area contributed by atoms with Crippen molar-refractivity contribution in [2.24, 2.45) is 0 Å². The summed E-state index contributed by atoms with van der Waals surface area (Å²) in [5.74, 6) is 0. The van der Waals surface area contributed by atoms with Crippen LogP contribution in [0.25, 0.3) is 10.8 Å². The molecule has 0 aliphatic heterocycles. The van der Waals surface area contributed by atoms with E-state index in [0.29, 0.717) is 0 Å². The van der Waals surface area contributed by atoms with E-state index in [1.54, 1.807) is 0 Å². The molecule has 19 heavy (non-hydrogen) atoms. The predicted molar refractivity (Wildman–Crippen MR) is 74.4 cm³/mol. The molecule has 0 bridgehead atoms. The molecule has 0 unspecified atom stereocenters. The molecule has 0 spiro atoms. The molecule has 0 N–H and O–H groups in total. The van der Waals surface area contributed by atoms with Crippen molar-refractivity contribution in [1.29, 1.82) is 0 Å². The van der Waals surface area contributed by atoms with Gasteiger partial charge in [-0.05, 0) is 11.5 Å². The van der Waals surface area contributed by atoms with Crippen molar-refractivity contribution in [1.82, 2.24) is 0 Å². The Bertz CT molecular complexity index is 677. The Kier molecular flexibility index (Phi) is 4.33. The molecule has 0 fully saturated rings. The Labute approximate surface area is 124 Å². The van der Waals surface area contributed by atoms with Crippen molar-refractivity contribution in [2.45, 2.75) is 13.5 Å². The molecule has 0 saturated heterocycles. The minimum atomic E-state index is 0. The minimum Gasteiger partial charge on any atom is -1.00 e. The van der Waals surface area contributed by atoms with Gasteiger partial charge in [0.25, 0.3) is 0 Å². The van der Waals surface area contributed by atoms with Crippen LogP contribution in [0.5, 0.6) is 0 Å². The van der Waals surface area contributed by atoms with Crippen molar-refractivity contribution in [3.05, 3.63) is 78.1 Å². The van der Waals surface area contributed by atoms with Gasteiger partial charge in [-0.3, -0.25) is 0 Å². The molecule has 0 aliphatic rings. The van der Waals surface area contributed by atoms with Gasteiger partial charge in [-0.2, -0.15) is 4.57 Å². The summed E-state index contributed by atoms with van der Waals surface area (Å²) in [7, 11) is 0. The summed E-state index contributed by atoms with van der Waals surface area (Å²) in [4.78, 5) is 0. The normalized spacial score (nSPS) is 10.2. The molecule has 0 atom stereocenters. The number of aromatic nitrogens is 1. The van der Waals surface area contributed by atoms with E-state index in [0.717, 1.165) is 6.54 Å². The number of hydrogen-bond acceptors (Lipinski definition) is 0. The lowest BCUT2D eigenvalue weighted by Crippen LogP contribution is -3.00. The van der Waals surface area contributed by atoms with Gasteiger partial charge in [0.15, 0.2) is 18.4 Å². The second-order valence-corrected chi connectivity index (χ2v) is 4.60. The van der Waals surface area contributed by atoms with E-state index in [1.807, 2.05) is 0 Å². The maximum Gasteiger partial charge on any atom is 0.186 e. The first-order valence-corrected chi connectivity index (χ1v) is 6.26. The Morgan fingerprint density at radius 3 is 2.32 bits per heavy atom. The Morgan fingerprint density at radius 2 is 1.53 bits per heavy atom. The largest absolute Gasteiger partial charge is 1.00 e. The highest BCUT2D eigenvalue weighted by Crippen LogP contribution is 2.14. The standard InChI is InChI=1S/C17H16N.BrH/c1-14-17-10-6-5-9-16(17)11-12-18(14)13-15-7-3-2-4-8-15;/h2-12H,13H2,1H3;1H/q+1;/p-1. The Morgan fingerprint density at radius 1 is 0.842 bits per heavy atom. The fourth-order valence-electron chi connectivity index (χ4n) is 2.36. The highest BCUT2D eigenvalue weighted by Gasteiger charge is 2.10. The summed E-state index contributed by atoms with van der Waals surface area (Å²) >= 11 is 0. The van der Waals surface area contributed by atoms with Crippen molar-refractivity contribution in [3.8, 4) is 0 Å². The zero-order chi connectivity index (χ0) is 12.4. The van der Waals surface area contributed by atoms with E-state index in [2.05, 4.69) is 78.4 Å². The van der Waals surface area contributed by atoms with Gasteiger partial charge in [0.2, 0.25) is 0 Å². The van der Waals surface area contributed by atoms with Crippen molar-refractivity contribution in [2.75, 3.05) is 0 Å². The number of hydrogen-bond donors (Lipinski definition) is 0.